The van der Waals surface area contributed by atoms with E-state index in [2.05, 4.69) is 0 Å². The summed E-state index contributed by atoms with van der Waals surface area (Å²) in [5.74, 6) is -1.07. The lowest BCUT2D eigenvalue weighted by atomic mass is 10.00. The van der Waals surface area contributed by atoms with Crippen molar-refractivity contribution < 1.29 is 44.2 Å². The predicted molar refractivity (Wildman–Crippen MR) is 79.5 cm³/mol. The summed E-state index contributed by atoms with van der Waals surface area (Å²) in [6.07, 6.45) is -6.35. The first-order valence-electron chi connectivity index (χ1n) is 7.15. The summed E-state index contributed by atoms with van der Waals surface area (Å²) < 4.78 is 21.1. The van der Waals surface area contributed by atoms with Gasteiger partial charge in [0, 0.05) is 0 Å². The number of carbonyl (C=O) groups is 1. The van der Waals surface area contributed by atoms with Crippen molar-refractivity contribution in [2.24, 2.45) is 0 Å². The van der Waals surface area contributed by atoms with Gasteiger partial charge < -0.3 is 39.4 Å². The third-order valence-electron chi connectivity index (χ3n) is 3.75. The van der Waals surface area contributed by atoms with Gasteiger partial charge in [-0.15, -0.1) is 0 Å². The minimum atomic E-state index is -1.52. The van der Waals surface area contributed by atoms with Gasteiger partial charge in [-0.3, -0.25) is 0 Å². The van der Waals surface area contributed by atoms with Crippen molar-refractivity contribution in [3.05, 3.63) is 17.7 Å². The van der Waals surface area contributed by atoms with Gasteiger partial charge >= 0.3 is 5.97 Å². The predicted octanol–water partition coefficient (Wildman–Crippen LogP) is -0.392. The molecule has 1 aliphatic heterocycles. The summed E-state index contributed by atoms with van der Waals surface area (Å²) in [6.45, 7) is 1.51. The Hall–Kier alpha value is -2.07. The molecule has 0 radical (unpaired) electrons. The number of hydrogen-bond acceptors (Lipinski definition) is 8. The smallest absolute Gasteiger partial charge is 0.335 e. The fourth-order valence-electron chi connectivity index (χ4n) is 2.35. The zero-order valence-electron chi connectivity index (χ0n) is 13.4. The van der Waals surface area contributed by atoms with E-state index in [1.807, 2.05) is 0 Å². The number of benzene rings is 1. The van der Waals surface area contributed by atoms with Crippen LogP contribution in [0.4, 0.5) is 0 Å². The number of hydrogen-bond donors (Lipinski definition) is 4. The highest BCUT2D eigenvalue weighted by atomic mass is 16.7. The van der Waals surface area contributed by atoms with Crippen LogP contribution in [0.3, 0.4) is 0 Å². The summed E-state index contributed by atoms with van der Waals surface area (Å²) >= 11 is 0. The standard InChI is InChI=1S/C15H20O9/c1-6-10(16)11(17)12(18)15(23-6)24-13-8(21-2)4-7(14(19)20)5-9(13)22-3/h4-6,10-12,15-18H,1-3H3,(H,19,20). The molecule has 24 heavy (non-hydrogen) atoms. The van der Waals surface area contributed by atoms with Crippen molar-refractivity contribution in [2.75, 3.05) is 14.2 Å². The molecule has 1 heterocycles. The third-order valence-corrected chi connectivity index (χ3v) is 3.75. The summed E-state index contributed by atoms with van der Waals surface area (Å²) in [4.78, 5) is 11.1. The molecule has 5 atom stereocenters. The van der Waals surface area contributed by atoms with Crippen LogP contribution < -0.4 is 14.2 Å². The third kappa shape index (κ3) is 3.39. The van der Waals surface area contributed by atoms with Crippen LogP contribution >= 0.6 is 0 Å². The maximum absolute atomic E-state index is 11.1. The summed E-state index contributed by atoms with van der Waals surface area (Å²) in [6, 6.07) is 2.45. The number of aliphatic hydroxyl groups is 3. The van der Waals surface area contributed by atoms with Crippen LogP contribution in [0.15, 0.2) is 12.1 Å². The van der Waals surface area contributed by atoms with Crippen LogP contribution in [0.25, 0.3) is 0 Å². The van der Waals surface area contributed by atoms with Gasteiger partial charge in [0.1, 0.15) is 18.3 Å². The molecule has 4 N–H and O–H groups in total. The molecule has 5 unspecified atom stereocenters. The van der Waals surface area contributed by atoms with Crippen molar-refractivity contribution in [1.29, 1.82) is 0 Å². The lowest BCUT2D eigenvalue weighted by Gasteiger charge is -2.39. The largest absolute Gasteiger partial charge is 0.493 e. The molecular weight excluding hydrogens is 324 g/mol. The molecule has 9 nitrogen and oxygen atoms in total. The second-order valence-electron chi connectivity index (χ2n) is 5.31. The maximum Gasteiger partial charge on any atom is 0.335 e. The van der Waals surface area contributed by atoms with Crippen molar-refractivity contribution in [1.82, 2.24) is 0 Å². The number of carboxylic acid groups (broad SMARTS) is 1. The van der Waals surface area contributed by atoms with Gasteiger partial charge in [-0.05, 0) is 19.1 Å². The first kappa shape index (κ1) is 18.3. The molecule has 1 saturated heterocycles. The van der Waals surface area contributed by atoms with Gasteiger partial charge in [0.15, 0.2) is 11.5 Å². The van der Waals surface area contributed by atoms with Gasteiger partial charge in [0.25, 0.3) is 0 Å². The van der Waals surface area contributed by atoms with Gasteiger partial charge in [-0.25, -0.2) is 4.79 Å². The Kier molecular flexibility index (Phi) is 5.50. The SMILES string of the molecule is COc1cc(C(=O)O)cc(OC)c1OC1OC(C)C(O)C(O)C1O. The number of methoxy groups -OCH3 is 2. The first-order chi connectivity index (χ1) is 11.3. The molecule has 1 aromatic carbocycles. The second-order valence-corrected chi connectivity index (χ2v) is 5.31. The van der Waals surface area contributed by atoms with Crippen LogP contribution in [0.2, 0.25) is 0 Å². The quantitative estimate of drug-likeness (QED) is 0.563. The Morgan fingerprint density at radius 3 is 2.04 bits per heavy atom. The van der Waals surface area contributed by atoms with Gasteiger partial charge in [0.05, 0.1) is 25.9 Å². The van der Waals surface area contributed by atoms with Crippen molar-refractivity contribution in [3.8, 4) is 17.2 Å². The first-order valence-corrected chi connectivity index (χ1v) is 7.15. The molecule has 0 saturated carbocycles. The number of carboxylic acids is 1. The maximum atomic E-state index is 11.1. The molecule has 1 aliphatic rings. The average molecular weight is 344 g/mol. The van der Waals surface area contributed by atoms with E-state index in [9.17, 15) is 20.1 Å². The normalized spacial score (nSPS) is 29.8. The van der Waals surface area contributed by atoms with Crippen LogP contribution in [0, 0.1) is 0 Å². The Bertz CT molecular complexity index is 578. The molecule has 134 valence electrons. The highest BCUT2D eigenvalue weighted by Gasteiger charge is 2.43. The van der Waals surface area contributed by atoms with Crippen LogP contribution in [-0.2, 0) is 4.74 Å². The van der Waals surface area contributed by atoms with E-state index in [1.54, 1.807) is 0 Å². The van der Waals surface area contributed by atoms with E-state index >= 15 is 0 Å². The van der Waals surface area contributed by atoms with E-state index in [4.69, 9.17) is 24.1 Å². The molecule has 2 rings (SSSR count). The van der Waals surface area contributed by atoms with Crippen LogP contribution in [-0.4, -0.2) is 71.3 Å². The minimum Gasteiger partial charge on any atom is -0.493 e. The van der Waals surface area contributed by atoms with Gasteiger partial charge in [-0.1, -0.05) is 0 Å². The number of ether oxygens (including phenoxy) is 4. The highest BCUT2D eigenvalue weighted by Crippen LogP contribution is 2.40. The van der Waals surface area contributed by atoms with Crippen molar-refractivity contribution in [3.63, 3.8) is 0 Å². The van der Waals surface area contributed by atoms with E-state index < -0.39 is 36.7 Å². The molecule has 0 aliphatic carbocycles. The summed E-state index contributed by atoms with van der Waals surface area (Å²) in [7, 11) is 2.62. The molecular formula is C15H20O9. The fraction of sp³-hybridized carbons (Fsp3) is 0.533. The minimum absolute atomic E-state index is 0.00448. The number of aliphatic hydroxyl groups excluding tert-OH is 3. The number of rotatable bonds is 5. The summed E-state index contributed by atoms with van der Waals surface area (Å²) in [5, 5.41) is 38.7. The second kappa shape index (κ2) is 7.22. The Morgan fingerprint density at radius 2 is 1.58 bits per heavy atom. The number of aromatic carboxylic acids is 1. The lowest BCUT2D eigenvalue weighted by molar-refractivity contribution is -0.268. The summed E-state index contributed by atoms with van der Waals surface area (Å²) in [5.41, 5.74) is -0.0787. The van der Waals surface area contributed by atoms with E-state index in [-0.39, 0.29) is 22.8 Å². The molecule has 0 spiro atoms. The molecule has 0 amide bonds. The van der Waals surface area contributed by atoms with Crippen LogP contribution in [0.1, 0.15) is 17.3 Å². The highest BCUT2D eigenvalue weighted by molar-refractivity contribution is 5.89. The van der Waals surface area contributed by atoms with E-state index in [0.29, 0.717) is 0 Å². The van der Waals surface area contributed by atoms with Crippen LogP contribution in [0.5, 0.6) is 17.2 Å². The Morgan fingerprint density at radius 1 is 1.04 bits per heavy atom. The molecule has 0 bridgehead atoms. The molecule has 1 aromatic rings. The van der Waals surface area contributed by atoms with Gasteiger partial charge in [0.2, 0.25) is 12.0 Å². The zero-order valence-corrected chi connectivity index (χ0v) is 13.4. The van der Waals surface area contributed by atoms with E-state index in [0.717, 1.165) is 0 Å². The van der Waals surface area contributed by atoms with Gasteiger partial charge in [-0.2, -0.15) is 0 Å². The lowest BCUT2D eigenvalue weighted by Crippen LogP contribution is -2.58. The fourth-order valence-corrected chi connectivity index (χ4v) is 2.35. The monoisotopic (exact) mass is 344 g/mol. The van der Waals surface area contributed by atoms with E-state index in [1.165, 1.54) is 33.3 Å². The Balaban J connectivity index is 2.36. The van der Waals surface area contributed by atoms with Crippen molar-refractivity contribution in [2.45, 2.75) is 37.6 Å². The Labute approximate surface area is 138 Å². The average Bonchev–Trinajstić information content (AvgIpc) is 2.57. The molecule has 0 aromatic heterocycles. The topological polar surface area (TPSA) is 135 Å². The molecule has 1 fully saturated rings. The van der Waals surface area contributed by atoms with Crippen molar-refractivity contribution >= 4 is 5.97 Å². The molecule has 9 heteroatoms. The zero-order chi connectivity index (χ0) is 18.0.